The number of hydrogen-bond acceptors (Lipinski definition) is 6. The van der Waals surface area contributed by atoms with Crippen molar-refractivity contribution in [3.05, 3.63) is 96.1 Å². The molecule has 1 amide bonds. The van der Waals surface area contributed by atoms with Gasteiger partial charge in [0.1, 0.15) is 5.75 Å². The third-order valence-electron chi connectivity index (χ3n) is 5.13. The summed E-state index contributed by atoms with van der Waals surface area (Å²) in [6.07, 6.45) is 0. The first-order valence-electron chi connectivity index (χ1n) is 10.6. The van der Waals surface area contributed by atoms with Gasteiger partial charge in [0, 0.05) is 13.1 Å². The third-order valence-corrected chi connectivity index (χ3v) is 6.15. The van der Waals surface area contributed by atoms with Crippen LogP contribution in [0.5, 0.6) is 5.75 Å². The molecule has 0 fully saturated rings. The number of aromatic nitrogens is 4. The number of carbonyl (C=O) groups excluding carboxylic acids is 1. The average Bonchev–Trinajstić information content (AvgIpc) is 3.32. The molecule has 0 radical (unpaired) electrons. The zero-order chi connectivity index (χ0) is 23.0. The summed E-state index contributed by atoms with van der Waals surface area (Å²) in [5.41, 5.74) is 2.97. The van der Waals surface area contributed by atoms with Crippen LogP contribution in [0.15, 0.2) is 90.1 Å². The number of thioether (sulfide) groups is 1. The van der Waals surface area contributed by atoms with Gasteiger partial charge in [-0.15, -0.1) is 5.10 Å². The lowest BCUT2D eigenvalue weighted by molar-refractivity contribution is -0.131. The van der Waals surface area contributed by atoms with Crippen LogP contribution in [-0.4, -0.2) is 43.4 Å². The van der Waals surface area contributed by atoms with Gasteiger partial charge >= 0.3 is 0 Å². The molecule has 0 aliphatic rings. The van der Waals surface area contributed by atoms with E-state index in [0.717, 1.165) is 22.6 Å². The van der Waals surface area contributed by atoms with Gasteiger partial charge in [0.2, 0.25) is 11.1 Å². The molecule has 8 heteroatoms. The SMILES string of the molecule is COc1ccc(-n2nnnc2S[C@@H](C)C(=O)N(Cc2ccccc2)Cc2ccccc2)cc1. The van der Waals surface area contributed by atoms with Crippen LogP contribution in [0.3, 0.4) is 0 Å². The largest absolute Gasteiger partial charge is 0.497 e. The summed E-state index contributed by atoms with van der Waals surface area (Å²) in [5, 5.41) is 12.3. The Balaban J connectivity index is 1.52. The lowest BCUT2D eigenvalue weighted by Gasteiger charge is -2.26. The summed E-state index contributed by atoms with van der Waals surface area (Å²) in [6.45, 7) is 2.95. The molecule has 7 nitrogen and oxygen atoms in total. The smallest absolute Gasteiger partial charge is 0.236 e. The van der Waals surface area contributed by atoms with E-state index < -0.39 is 0 Å². The van der Waals surface area contributed by atoms with E-state index in [1.807, 2.05) is 96.8 Å². The summed E-state index contributed by atoms with van der Waals surface area (Å²) >= 11 is 1.34. The van der Waals surface area contributed by atoms with Gasteiger partial charge in [-0.25, -0.2) is 0 Å². The van der Waals surface area contributed by atoms with Crippen LogP contribution >= 0.6 is 11.8 Å². The van der Waals surface area contributed by atoms with E-state index in [2.05, 4.69) is 15.5 Å². The van der Waals surface area contributed by atoms with Gasteiger partial charge in [0.25, 0.3) is 0 Å². The van der Waals surface area contributed by atoms with E-state index >= 15 is 0 Å². The number of nitrogens with zero attached hydrogens (tertiary/aromatic N) is 5. The normalized spacial score (nSPS) is 11.7. The van der Waals surface area contributed by atoms with Crippen LogP contribution in [0, 0.1) is 0 Å². The molecule has 0 bridgehead atoms. The molecule has 1 atom stereocenters. The number of benzene rings is 3. The van der Waals surface area contributed by atoms with Crippen molar-refractivity contribution >= 4 is 17.7 Å². The standard InChI is InChI=1S/C25H25N5O2S/c1-19(33-25-26-27-28-30(25)22-13-15-23(32-2)16-14-22)24(31)29(17-20-9-5-3-6-10-20)18-21-11-7-4-8-12-21/h3-16,19H,17-18H2,1-2H3/t19-/m0/s1. The van der Waals surface area contributed by atoms with Gasteiger partial charge in [-0.3, -0.25) is 4.79 Å². The van der Waals surface area contributed by atoms with E-state index in [0.29, 0.717) is 18.2 Å². The number of amides is 1. The quantitative estimate of drug-likeness (QED) is 0.346. The molecule has 0 saturated heterocycles. The second kappa shape index (κ2) is 10.8. The Hall–Kier alpha value is -3.65. The Bertz CT molecular complexity index is 1120. The van der Waals surface area contributed by atoms with Crippen molar-refractivity contribution in [3.63, 3.8) is 0 Å². The van der Waals surface area contributed by atoms with Crippen LogP contribution in [0.4, 0.5) is 0 Å². The summed E-state index contributed by atoms with van der Waals surface area (Å²) in [6, 6.07) is 27.5. The Kier molecular flexibility index (Phi) is 7.36. The molecule has 3 aromatic carbocycles. The maximum Gasteiger partial charge on any atom is 0.236 e. The van der Waals surface area contributed by atoms with E-state index in [1.165, 1.54) is 11.8 Å². The second-order valence-corrected chi connectivity index (χ2v) is 8.80. The van der Waals surface area contributed by atoms with E-state index in [4.69, 9.17) is 4.74 Å². The van der Waals surface area contributed by atoms with Crippen molar-refractivity contribution in [3.8, 4) is 11.4 Å². The van der Waals surface area contributed by atoms with Gasteiger partial charge in [-0.1, -0.05) is 72.4 Å². The fourth-order valence-corrected chi connectivity index (χ4v) is 4.31. The predicted octanol–water partition coefficient (Wildman–Crippen LogP) is 4.38. The zero-order valence-electron chi connectivity index (χ0n) is 18.5. The predicted molar refractivity (Wildman–Crippen MR) is 128 cm³/mol. The first-order valence-corrected chi connectivity index (χ1v) is 11.5. The van der Waals surface area contributed by atoms with Crippen LogP contribution in [0.2, 0.25) is 0 Å². The monoisotopic (exact) mass is 459 g/mol. The minimum atomic E-state index is -0.375. The second-order valence-electron chi connectivity index (χ2n) is 7.50. The van der Waals surface area contributed by atoms with Crippen molar-refractivity contribution in [1.82, 2.24) is 25.1 Å². The van der Waals surface area contributed by atoms with Crippen molar-refractivity contribution in [2.45, 2.75) is 30.4 Å². The van der Waals surface area contributed by atoms with Gasteiger partial charge in [0.05, 0.1) is 18.0 Å². The fraction of sp³-hybridized carbons (Fsp3) is 0.200. The molecule has 0 spiro atoms. The molecule has 1 heterocycles. The molecule has 0 N–H and O–H groups in total. The lowest BCUT2D eigenvalue weighted by atomic mass is 10.1. The Labute approximate surface area is 197 Å². The number of methoxy groups -OCH3 is 1. The molecule has 1 aromatic heterocycles. The van der Waals surface area contributed by atoms with Gasteiger partial charge < -0.3 is 9.64 Å². The first kappa shape index (κ1) is 22.5. The molecule has 0 unspecified atom stereocenters. The summed E-state index contributed by atoms with van der Waals surface area (Å²) in [5.74, 6) is 0.777. The fourth-order valence-electron chi connectivity index (χ4n) is 3.42. The number of carbonyl (C=O) groups is 1. The molecule has 0 aliphatic heterocycles. The van der Waals surface area contributed by atoms with Crippen molar-refractivity contribution in [2.75, 3.05) is 7.11 Å². The average molecular weight is 460 g/mol. The van der Waals surface area contributed by atoms with E-state index in [9.17, 15) is 4.79 Å². The van der Waals surface area contributed by atoms with Crippen LogP contribution < -0.4 is 4.74 Å². The number of tetrazole rings is 1. The maximum absolute atomic E-state index is 13.5. The van der Waals surface area contributed by atoms with E-state index in [-0.39, 0.29) is 11.2 Å². The lowest BCUT2D eigenvalue weighted by Crippen LogP contribution is -2.35. The van der Waals surface area contributed by atoms with Crippen molar-refractivity contribution in [1.29, 1.82) is 0 Å². The summed E-state index contributed by atoms with van der Waals surface area (Å²) in [7, 11) is 1.62. The molecule has 0 aliphatic carbocycles. The Morgan fingerprint density at radius 3 is 2.06 bits per heavy atom. The molecular weight excluding hydrogens is 434 g/mol. The first-order chi connectivity index (χ1) is 16.1. The topological polar surface area (TPSA) is 73.1 Å². The molecule has 0 saturated carbocycles. The molecule has 33 heavy (non-hydrogen) atoms. The number of hydrogen-bond donors (Lipinski definition) is 0. The Morgan fingerprint density at radius 2 is 1.52 bits per heavy atom. The van der Waals surface area contributed by atoms with Crippen LogP contribution in [0.1, 0.15) is 18.1 Å². The van der Waals surface area contributed by atoms with Crippen molar-refractivity contribution in [2.24, 2.45) is 0 Å². The van der Waals surface area contributed by atoms with Gasteiger partial charge in [-0.2, -0.15) is 4.68 Å². The molecule has 4 aromatic rings. The van der Waals surface area contributed by atoms with Gasteiger partial charge in [0.15, 0.2) is 0 Å². The Morgan fingerprint density at radius 1 is 0.939 bits per heavy atom. The highest BCUT2D eigenvalue weighted by atomic mass is 32.2. The number of rotatable bonds is 9. The minimum Gasteiger partial charge on any atom is -0.497 e. The summed E-state index contributed by atoms with van der Waals surface area (Å²) < 4.78 is 6.85. The summed E-state index contributed by atoms with van der Waals surface area (Å²) in [4.78, 5) is 15.4. The van der Waals surface area contributed by atoms with Gasteiger partial charge in [-0.05, 0) is 52.7 Å². The molecular formula is C25H25N5O2S. The highest BCUT2D eigenvalue weighted by molar-refractivity contribution is 8.00. The third kappa shape index (κ3) is 5.78. The van der Waals surface area contributed by atoms with Crippen LogP contribution in [-0.2, 0) is 17.9 Å². The highest BCUT2D eigenvalue weighted by Gasteiger charge is 2.24. The minimum absolute atomic E-state index is 0.0250. The maximum atomic E-state index is 13.5. The van der Waals surface area contributed by atoms with Crippen LogP contribution in [0.25, 0.3) is 5.69 Å². The van der Waals surface area contributed by atoms with Crippen molar-refractivity contribution < 1.29 is 9.53 Å². The molecule has 4 rings (SSSR count). The molecule has 168 valence electrons. The zero-order valence-corrected chi connectivity index (χ0v) is 19.4. The van der Waals surface area contributed by atoms with E-state index in [1.54, 1.807) is 11.8 Å². The number of ether oxygens (including phenoxy) is 1. The highest BCUT2D eigenvalue weighted by Crippen LogP contribution is 2.26.